The van der Waals surface area contributed by atoms with Crippen LogP contribution < -0.4 is 0 Å². The maximum atomic E-state index is 13.6. The Labute approximate surface area is 187 Å². The molecule has 0 heterocycles. The molecule has 0 bridgehead atoms. The Morgan fingerprint density at radius 3 is 2.19 bits per heavy atom. The van der Waals surface area contributed by atoms with E-state index in [9.17, 15) is 8.78 Å². The lowest BCUT2D eigenvalue weighted by Gasteiger charge is -2.42. The van der Waals surface area contributed by atoms with Crippen molar-refractivity contribution in [1.82, 2.24) is 0 Å². The molecule has 31 heavy (non-hydrogen) atoms. The Kier molecular flexibility index (Phi) is 7.80. The second-order valence-electron chi connectivity index (χ2n) is 10.2. The van der Waals surface area contributed by atoms with Gasteiger partial charge < -0.3 is 0 Å². The summed E-state index contributed by atoms with van der Waals surface area (Å²) in [5.74, 6) is 1.92. The second-order valence-corrected chi connectivity index (χ2v) is 10.2. The zero-order valence-corrected chi connectivity index (χ0v) is 19.1. The van der Waals surface area contributed by atoms with Gasteiger partial charge in [-0.25, -0.2) is 8.78 Å². The van der Waals surface area contributed by atoms with Crippen molar-refractivity contribution >= 4 is 0 Å². The quantitative estimate of drug-likeness (QED) is 0.370. The van der Waals surface area contributed by atoms with Crippen LogP contribution in [0.5, 0.6) is 0 Å². The van der Waals surface area contributed by atoms with Crippen molar-refractivity contribution in [2.45, 2.75) is 89.9 Å². The van der Waals surface area contributed by atoms with Crippen molar-refractivity contribution in [3.05, 3.63) is 59.7 Å². The Hall–Kier alpha value is -1.70. The van der Waals surface area contributed by atoms with Gasteiger partial charge >= 0.3 is 0 Å². The SMILES string of the molecule is CCCCCCCC1CC[C@@H]2C[C@H](c3ccc(-c4ccc(F)c(F)c4)cc3)CC[C@@H]2C1. The third-order valence-corrected chi connectivity index (χ3v) is 8.07. The summed E-state index contributed by atoms with van der Waals surface area (Å²) < 4.78 is 26.8. The summed E-state index contributed by atoms with van der Waals surface area (Å²) in [4.78, 5) is 0. The molecule has 0 nitrogen and oxygen atoms in total. The maximum absolute atomic E-state index is 13.6. The first-order chi connectivity index (χ1) is 15.1. The molecule has 2 aliphatic rings. The number of hydrogen-bond acceptors (Lipinski definition) is 0. The summed E-state index contributed by atoms with van der Waals surface area (Å²) in [6.07, 6.45) is 16.8. The van der Waals surface area contributed by atoms with Crippen LogP contribution in [-0.4, -0.2) is 0 Å². The first-order valence-electron chi connectivity index (χ1n) is 12.7. The molecule has 0 aromatic heterocycles. The van der Waals surface area contributed by atoms with Crippen molar-refractivity contribution in [3.63, 3.8) is 0 Å². The molecule has 0 N–H and O–H groups in total. The Morgan fingerprint density at radius 2 is 1.42 bits per heavy atom. The van der Waals surface area contributed by atoms with Crippen LogP contribution in [-0.2, 0) is 0 Å². The van der Waals surface area contributed by atoms with Crippen LogP contribution in [0, 0.1) is 29.4 Å². The van der Waals surface area contributed by atoms with E-state index in [2.05, 4.69) is 31.2 Å². The van der Waals surface area contributed by atoms with E-state index in [0.29, 0.717) is 5.92 Å². The standard InChI is InChI=1S/C29H38F2/c1-2-3-4-5-6-7-21-8-9-26-19-25(15-14-24(26)18-21)22-10-12-23(13-11-22)27-16-17-28(30)29(31)20-27/h10-13,16-17,20-21,24-26H,2-9,14-15,18-19H2,1H3/t21?,24-,25-,26-/m1/s1. The minimum atomic E-state index is -0.789. The number of halogens is 2. The predicted octanol–water partition coefficient (Wildman–Crippen LogP) is 9.29. The first-order valence-corrected chi connectivity index (χ1v) is 12.7. The molecule has 2 aromatic carbocycles. The average molecular weight is 425 g/mol. The lowest BCUT2D eigenvalue weighted by atomic mass is 9.63. The van der Waals surface area contributed by atoms with Crippen molar-refractivity contribution in [1.29, 1.82) is 0 Å². The zero-order valence-electron chi connectivity index (χ0n) is 19.1. The second kappa shape index (κ2) is 10.7. The molecule has 0 radical (unpaired) electrons. The van der Waals surface area contributed by atoms with Crippen LogP contribution in [0.4, 0.5) is 8.78 Å². The minimum Gasteiger partial charge on any atom is -0.204 e. The van der Waals surface area contributed by atoms with Crippen molar-refractivity contribution < 1.29 is 8.78 Å². The van der Waals surface area contributed by atoms with Gasteiger partial charge in [0.1, 0.15) is 0 Å². The van der Waals surface area contributed by atoms with E-state index in [1.807, 2.05) is 0 Å². The third kappa shape index (κ3) is 5.76. The van der Waals surface area contributed by atoms with Crippen molar-refractivity contribution in [3.8, 4) is 11.1 Å². The number of fused-ring (bicyclic) bond motifs is 1. The molecule has 0 spiro atoms. The summed E-state index contributed by atoms with van der Waals surface area (Å²) in [6.45, 7) is 2.29. The van der Waals surface area contributed by atoms with Crippen LogP contribution in [0.3, 0.4) is 0 Å². The van der Waals surface area contributed by atoms with Crippen LogP contribution in [0.25, 0.3) is 11.1 Å². The predicted molar refractivity (Wildman–Crippen MR) is 126 cm³/mol. The van der Waals surface area contributed by atoms with Crippen molar-refractivity contribution in [2.24, 2.45) is 17.8 Å². The van der Waals surface area contributed by atoms with E-state index in [-0.39, 0.29) is 0 Å². The summed E-state index contributed by atoms with van der Waals surface area (Å²) in [5.41, 5.74) is 3.11. The summed E-state index contributed by atoms with van der Waals surface area (Å²) >= 11 is 0. The number of unbranched alkanes of at least 4 members (excludes halogenated alkanes) is 4. The van der Waals surface area contributed by atoms with Gasteiger partial charge in [0, 0.05) is 0 Å². The smallest absolute Gasteiger partial charge is 0.159 e. The number of hydrogen-bond donors (Lipinski definition) is 0. The van der Waals surface area contributed by atoms with E-state index < -0.39 is 11.6 Å². The molecule has 0 amide bonds. The largest absolute Gasteiger partial charge is 0.204 e. The fraction of sp³-hybridized carbons (Fsp3) is 0.586. The highest BCUT2D eigenvalue weighted by molar-refractivity contribution is 5.63. The van der Waals surface area contributed by atoms with Gasteiger partial charge in [0.2, 0.25) is 0 Å². The van der Waals surface area contributed by atoms with Crippen molar-refractivity contribution in [2.75, 3.05) is 0 Å². The van der Waals surface area contributed by atoms with Gasteiger partial charge in [-0.3, -0.25) is 0 Å². The molecule has 2 aliphatic carbocycles. The molecule has 4 atom stereocenters. The van der Waals surface area contributed by atoms with E-state index in [0.717, 1.165) is 28.9 Å². The third-order valence-electron chi connectivity index (χ3n) is 8.07. The molecule has 0 saturated heterocycles. The normalized spacial score (nSPS) is 25.9. The van der Waals surface area contributed by atoms with Gasteiger partial charge in [0.05, 0.1) is 0 Å². The van der Waals surface area contributed by atoms with Crippen LogP contribution >= 0.6 is 0 Å². The summed E-state index contributed by atoms with van der Waals surface area (Å²) in [6, 6.07) is 12.7. The Morgan fingerprint density at radius 1 is 0.710 bits per heavy atom. The van der Waals surface area contributed by atoms with Gasteiger partial charge in [0.25, 0.3) is 0 Å². The average Bonchev–Trinajstić information content (AvgIpc) is 2.80. The molecule has 168 valence electrons. The van der Waals surface area contributed by atoms with Gasteiger partial charge in [-0.15, -0.1) is 0 Å². The zero-order chi connectivity index (χ0) is 21.6. The first kappa shape index (κ1) is 22.5. The van der Waals surface area contributed by atoms with Crippen LogP contribution in [0.1, 0.15) is 95.5 Å². The maximum Gasteiger partial charge on any atom is 0.159 e. The molecular formula is C29H38F2. The Bertz CT molecular complexity index is 825. The summed E-state index contributed by atoms with van der Waals surface area (Å²) in [7, 11) is 0. The highest BCUT2D eigenvalue weighted by atomic mass is 19.2. The highest BCUT2D eigenvalue weighted by Crippen LogP contribution is 2.48. The van der Waals surface area contributed by atoms with E-state index >= 15 is 0 Å². The van der Waals surface area contributed by atoms with Crippen LogP contribution in [0.2, 0.25) is 0 Å². The lowest BCUT2D eigenvalue weighted by molar-refractivity contribution is 0.113. The molecule has 2 heteroatoms. The van der Waals surface area contributed by atoms with Gasteiger partial charge in [-0.05, 0) is 84.6 Å². The van der Waals surface area contributed by atoms with Gasteiger partial charge in [-0.2, -0.15) is 0 Å². The lowest BCUT2D eigenvalue weighted by Crippen LogP contribution is -2.30. The molecule has 2 saturated carbocycles. The fourth-order valence-electron chi connectivity index (χ4n) is 6.21. The fourth-order valence-corrected chi connectivity index (χ4v) is 6.21. The highest BCUT2D eigenvalue weighted by Gasteiger charge is 2.35. The molecule has 1 unspecified atom stereocenters. The summed E-state index contributed by atoms with van der Waals surface area (Å²) in [5, 5.41) is 0. The van der Waals surface area contributed by atoms with E-state index in [4.69, 9.17) is 0 Å². The monoisotopic (exact) mass is 424 g/mol. The Balaban J connectivity index is 1.29. The molecule has 4 rings (SSSR count). The van der Waals surface area contributed by atoms with Gasteiger partial charge in [0.15, 0.2) is 11.6 Å². The molecule has 2 aromatic rings. The van der Waals surface area contributed by atoms with E-state index in [1.165, 1.54) is 94.7 Å². The van der Waals surface area contributed by atoms with Gasteiger partial charge in [-0.1, -0.05) is 82.2 Å². The minimum absolute atomic E-state index is 0.658. The van der Waals surface area contributed by atoms with Crippen LogP contribution in [0.15, 0.2) is 42.5 Å². The topological polar surface area (TPSA) is 0 Å². The number of rotatable bonds is 8. The molecule has 0 aliphatic heterocycles. The molecule has 2 fully saturated rings. The van der Waals surface area contributed by atoms with E-state index in [1.54, 1.807) is 6.07 Å². The molecular weight excluding hydrogens is 386 g/mol. The number of benzene rings is 2.